The maximum atomic E-state index is 12.9. The molecule has 3 amide bonds. The minimum Gasteiger partial charge on any atom is -0.325 e. The Balaban J connectivity index is 1.57. The molecule has 0 bridgehead atoms. The highest BCUT2D eigenvalue weighted by Crippen LogP contribution is 2.34. The predicted octanol–water partition coefficient (Wildman–Crippen LogP) is 5.33. The normalized spacial score (nSPS) is 14.6. The lowest BCUT2D eigenvalue weighted by molar-refractivity contribution is -0.384. The molecule has 0 saturated carbocycles. The van der Waals surface area contributed by atoms with Gasteiger partial charge in [-0.1, -0.05) is 29.8 Å². The van der Waals surface area contributed by atoms with E-state index in [-0.39, 0.29) is 15.6 Å². The molecule has 1 fully saturated rings. The average molecular weight is 511 g/mol. The second-order valence-corrected chi connectivity index (χ2v) is 9.14. The molecule has 0 atom stereocenters. The van der Waals surface area contributed by atoms with Crippen molar-refractivity contribution in [2.75, 3.05) is 11.9 Å². The van der Waals surface area contributed by atoms with Crippen LogP contribution < -0.4 is 5.32 Å². The van der Waals surface area contributed by atoms with Crippen molar-refractivity contribution < 1.29 is 19.3 Å². The van der Waals surface area contributed by atoms with Gasteiger partial charge >= 0.3 is 0 Å². The summed E-state index contributed by atoms with van der Waals surface area (Å²) in [6.07, 6.45) is 1.59. The monoisotopic (exact) mass is 510 g/mol. The van der Waals surface area contributed by atoms with E-state index in [4.69, 9.17) is 11.6 Å². The van der Waals surface area contributed by atoms with Crippen LogP contribution in [0.3, 0.4) is 0 Å². The van der Waals surface area contributed by atoms with Crippen LogP contribution in [0.2, 0.25) is 5.02 Å². The third-order valence-corrected chi connectivity index (χ3v) is 6.60. The van der Waals surface area contributed by atoms with Gasteiger partial charge in [0.1, 0.15) is 11.6 Å². The van der Waals surface area contributed by atoms with Crippen molar-refractivity contribution in [1.82, 2.24) is 9.47 Å². The SMILES string of the molecule is Cc1cc(/C=C2\SC(=O)N(CC(=O)Nc3ccccc3)C2=O)c(C)n1-c1ccc(Cl)c([N+](=O)[O-])c1. The van der Waals surface area contributed by atoms with E-state index < -0.39 is 28.5 Å². The van der Waals surface area contributed by atoms with Gasteiger partial charge in [-0.3, -0.25) is 29.4 Å². The molecule has 0 radical (unpaired) electrons. The van der Waals surface area contributed by atoms with Gasteiger partial charge in [0.25, 0.3) is 16.8 Å². The van der Waals surface area contributed by atoms with Crippen molar-refractivity contribution in [2.24, 2.45) is 0 Å². The smallest absolute Gasteiger partial charge is 0.294 e. The van der Waals surface area contributed by atoms with Crippen LogP contribution in [0.1, 0.15) is 17.0 Å². The summed E-state index contributed by atoms with van der Waals surface area (Å²) in [7, 11) is 0. The zero-order valence-corrected chi connectivity index (χ0v) is 20.2. The van der Waals surface area contributed by atoms with Crippen LogP contribution in [0.25, 0.3) is 11.8 Å². The molecule has 1 aliphatic heterocycles. The lowest BCUT2D eigenvalue weighted by Crippen LogP contribution is -2.36. The highest BCUT2D eigenvalue weighted by Gasteiger charge is 2.36. The highest BCUT2D eigenvalue weighted by molar-refractivity contribution is 8.18. The van der Waals surface area contributed by atoms with E-state index in [2.05, 4.69) is 5.32 Å². The van der Waals surface area contributed by atoms with Crippen molar-refractivity contribution in [3.63, 3.8) is 0 Å². The molecule has 1 saturated heterocycles. The van der Waals surface area contributed by atoms with Crippen LogP contribution in [0, 0.1) is 24.0 Å². The number of para-hydroxylation sites is 1. The lowest BCUT2D eigenvalue weighted by atomic mass is 10.2. The molecule has 11 heteroatoms. The summed E-state index contributed by atoms with van der Waals surface area (Å²) < 4.78 is 1.80. The Hall–Kier alpha value is -3.89. The second-order valence-electron chi connectivity index (χ2n) is 7.74. The number of rotatable bonds is 6. The zero-order chi connectivity index (χ0) is 25.3. The van der Waals surface area contributed by atoms with Gasteiger partial charge in [0.15, 0.2) is 0 Å². The quantitative estimate of drug-likeness (QED) is 0.272. The number of hydrogen-bond acceptors (Lipinski definition) is 6. The first-order valence-corrected chi connectivity index (χ1v) is 11.6. The van der Waals surface area contributed by atoms with Crippen molar-refractivity contribution in [3.05, 3.63) is 91.6 Å². The number of aromatic nitrogens is 1. The van der Waals surface area contributed by atoms with Gasteiger partial charge in [-0.2, -0.15) is 0 Å². The molecule has 2 heterocycles. The standard InChI is InChI=1S/C24H19ClN4O5S/c1-14-10-16(15(2)28(14)18-8-9-19(25)20(12-18)29(33)34)11-21-23(31)27(24(32)35-21)13-22(30)26-17-6-4-3-5-7-17/h3-12H,13H2,1-2H3,(H,26,30)/b21-11-. The number of aryl methyl sites for hydroxylation is 1. The topological polar surface area (TPSA) is 115 Å². The van der Waals surface area contributed by atoms with Crippen LogP contribution in [0.5, 0.6) is 0 Å². The van der Waals surface area contributed by atoms with Gasteiger partial charge in [0, 0.05) is 23.1 Å². The van der Waals surface area contributed by atoms with E-state index >= 15 is 0 Å². The summed E-state index contributed by atoms with van der Waals surface area (Å²) >= 11 is 6.69. The van der Waals surface area contributed by atoms with E-state index in [9.17, 15) is 24.5 Å². The van der Waals surface area contributed by atoms with Gasteiger partial charge in [0.05, 0.1) is 15.5 Å². The van der Waals surface area contributed by atoms with E-state index in [1.54, 1.807) is 47.9 Å². The number of amides is 3. The first kappa shape index (κ1) is 24.2. The molecular formula is C24H19ClN4O5S. The van der Waals surface area contributed by atoms with Gasteiger partial charge < -0.3 is 9.88 Å². The third kappa shape index (κ3) is 4.98. The molecule has 1 N–H and O–H groups in total. The van der Waals surface area contributed by atoms with Crippen molar-refractivity contribution in [1.29, 1.82) is 0 Å². The fourth-order valence-electron chi connectivity index (χ4n) is 3.75. The third-order valence-electron chi connectivity index (χ3n) is 5.37. The number of hydrogen-bond donors (Lipinski definition) is 1. The molecule has 0 aliphatic carbocycles. The van der Waals surface area contributed by atoms with Crippen molar-refractivity contribution >= 4 is 57.9 Å². The summed E-state index contributed by atoms with van der Waals surface area (Å²) in [6.45, 7) is 3.23. The summed E-state index contributed by atoms with van der Waals surface area (Å²) in [4.78, 5) is 49.5. The summed E-state index contributed by atoms with van der Waals surface area (Å²) in [5.74, 6) is -1.04. The number of nitrogens with zero attached hydrogens (tertiary/aromatic N) is 3. The summed E-state index contributed by atoms with van der Waals surface area (Å²) in [6, 6.07) is 15.1. The Morgan fingerprint density at radius 2 is 1.86 bits per heavy atom. The molecule has 3 aromatic rings. The van der Waals surface area contributed by atoms with E-state index in [0.717, 1.165) is 22.4 Å². The molecule has 35 heavy (non-hydrogen) atoms. The number of nitrogens with one attached hydrogen (secondary N) is 1. The van der Waals surface area contributed by atoms with Gasteiger partial charge in [-0.05, 0) is 67.6 Å². The number of nitro groups is 1. The van der Waals surface area contributed by atoms with Gasteiger partial charge in [0.2, 0.25) is 5.91 Å². The Kier molecular flexibility index (Phi) is 6.77. The largest absolute Gasteiger partial charge is 0.325 e. The molecule has 1 aromatic heterocycles. The molecule has 2 aromatic carbocycles. The lowest BCUT2D eigenvalue weighted by Gasteiger charge is -2.12. The molecule has 9 nitrogen and oxygen atoms in total. The minimum atomic E-state index is -0.560. The van der Waals surface area contributed by atoms with E-state index in [0.29, 0.717) is 22.6 Å². The van der Waals surface area contributed by atoms with E-state index in [1.165, 1.54) is 12.1 Å². The molecule has 1 aliphatic rings. The van der Waals surface area contributed by atoms with Crippen LogP contribution >= 0.6 is 23.4 Å². The number of anilines is 1. The molecule has 4 rings (SSSR count). The Bertz CT molecular complexity index is 1400. The second kappa shape index (κ2) is 9.77. The first-order valence-electron chi connectivity index (χ1n) is 10.4. The average Bonchev–Trinajstić information content (AvgIpc) is 3.24. The Labute approximate surface area is 209 Å². The number of carbonyl (C=O) groups is 3. The van der Waals surface area contributed by atoms with Gasteiger partial charge in [-0.15, -0.1) is 0 Å². The highest BCUT2D eigenvalue weighted by atomic mass is 35.5. The number of halogens is 1. The van der Waals surface area contributed by atoms with Crippen LogP contribution in [-0.4, -0.2) is 38.0 Å². The Morgan fingerprint density at radius 1 is 1.14 bits per heavy atom. The number of nitro benzene ring substituents is 1. The predicted molar refractivity (Wildman–Crippen MR) is 135 cm³/mol. The number of imide groups is 1. The molecule has 0 spiro atoms. The fourth-order valence-corrected chi connectivity index (χ4v) is 4.77. The van der Waals surface area contributed by atoms with Crippen LogP contribution in [0.4, 0.5) is 16.2 Å². The van der Waals surface area contributed by atoms with Crippen LogP contribution in [-0.2, 0) is 9.59 Å². The zero-order valence-electron chi connectivity index (χ0n) is 18.6. The minimum absolute atomic E-state index is 0.0337. The first-order chi connectivity index (χ1) is 16.7. The number of carbonyl (C=O) groups excluding carboxylic acids is 3. The van der Waals surface area contributed by atoms with Crippen molar-refractivity contribution in [2.45, 2.75) is 13.8 Å². The summed E-state index contributed by atoms with van der Waals surface area (Å²) in [5, 5.41) is 13.4. The maximum Gasteiger partial charge on any atom is 0.294 e. The fraction of sp³-hybridized carbons (Fsp3) is 0.125. The number of thioether (sulfide) groups is 1. The Morgan fingerprint density at radius 3 is 2.54 bits per heavy atom. The van der Waals surface area contributed by atoms with Crippen LogP contribution in [0.15, 0.2) is 59.5 Å². The van der Waals surface area contributed by atoms with E-state index in [1.807, 2.05) is 19.1 Å². The molecule has 0 unspecified atom stereocenters. The number of benzene rings is 2. The molecule has 178 valence electrons. The summed E-state index contributed by atoms with van der Waals surface area (Å²) in [5.41, 5.74) is 3.04. The maximum absolute atomic E-state index is 12.9. The molecular weight excluding hydrogens is 492 g/mol. The van der Waals surface area contributed by atoms with Gasteiger partial charge in [-0.25, -0.2) is 0 Å². The van der Waals surface area contributed by atoms with Crippen molar-refractivity contribution in [3.8, 4) is 5.69 Å².